The van der Waals surface area contributed by atoms with Gasteiger partial charge in [-0.25, -0.2) is 15.8 Å². The van der Waals surface area contributed by atoms with E-state index in [0.717, 1.165) is 24.1 Å². The third kappa shape index (κ3) is 3.30. The second-order valence-corrected chi connectivity index (χ2v) is 5.01. The van der Waals surface area contributed by atoms with Gasteiger partial charge in [0.15, 0.2) is 0 Å². The van der Waals surface area contributed by atoms with E-state index in [2.05, 4.69) is 27.6 Å². The smallest absolute Gasteiger partial charge is 0.148 e. The molecule has 0 bridgehead atoms. The molecule has 5 nitrogen and oxygen atoms in total. The molecule has 1 heterocycles. The summed E-state index contributed by atoms with van der Waals surface area (Å²) < 4.78 is 0. The summed E-state index contributed by atoms with van der Waals surface area (Å²) in [5, 5.41) is 4.21. The summed E-state index contributed by atoms with van der Waals surface area (Å²) in [6.45, 7) is 2.08. The number of aromatic nitrogens is 2. The Hall–Kier alpha value is -1.56. The summed E-state index contributed by atoms with van der Waals surface area (Å²) in [4.78, 5) is 8.37. The van der Waals surface area contributed by atoms with Gasteiger partial charge in [-0.15, -0.1) is 0 Å². The average Bonchev–Trinajstić information content (AvgIpc) is 2.45. The molecular weight excluding hydrogens is 297 g/mol. The van der Waals surface area contributed by atoms with Crippen LogP contribution in [0, 0.1) is 0 Å². The van der Waals surface area contributed by atoms with E-state index in [1.807, 2.05) is 6.07 Å². The van der Waals surface area contributed by atoms with Gasteiger partial charge in [0.25, 0.3) is 0 Å². The molecule has 2 rings (SSSR count). The van der Waals surface area contributed by atoms with Crippen LogP contribution >= 0.6 is 23.2 Å². The zero-order chi connectivity index (χ0) is 14.5. The molecule has 0 saturated carbocycles. The number of nitrogen functional groups attached to an aromatic ring is 1. The fraction of sp³-hybridized carbons (Fsp3) is 0.231. The monoisotopic (exact) mass is 311 g/mol. The summed E-state index contributed by atoms with van der Waals surface area (Å²) in [7, 11) is 0. The average molecular weight is 312 g/mol. The molecule has 0 amide bonds. The maximum Gasteiger partial charge on any atom is 0.148 e. The van der Waals surface area contributed by atoms with Gasteiger partial charge in [-0.05, 0) is 24.6 Å². The first kappa shape index (κ1) is 14.8. The molecule has 106 valence electrons. The van der Waals surface area contributed by atoms with Crippen molar-refractivity contribution in [1.82, 2.24) is 9.97 Å². The molecule has 0 saturated heterocycles. The summed E-state index contributed by atoms with van der Waals surface area (Å²) in [6.07, 6.45) is 3.22. The molecule has 20 heavy (non-hydrogen) atoms. The molecule has 1 aromatic heterocycles. The van der Waals surface area contributed by atoms with Crippen molar-refractivity contribution in [3.63, 3.8) is 0 Å². The third-order valence-electron chi connectivity index (χ3n) is 2.76. The molecule has 0 fully saturated rings. The van der Waals surface area contributed by atoms with E-state index in [-0.39, 0.29) is 0 Å². The topological polar surface area (TPSA) is 75.9 Å². The Bertz CT molecular complexity index is 603. The fourth-order valence-electron chi connectivity index (χ4n) is 1.84. The number of anilines is 3. The number of nitrogens with zero attached hydrogens (tertiary/aromatic N) is 2. The van der Waals surface area contributed by atoms with Gasteiger partial charge in [0.1, 0.15) is 18.0 Å². The first-order chi connectivity index (χ1) is 9.65. The third-order valence-corrected chi connectivity index (χ3v) is 3.50. The van der Waals surface area contributed by atoms with Gasteiger partial charge in [0, 0.05) is 11.3 Å². The summed E-state index contributed by atoms with van der Waals surface area (Å²) >= 11 is 11.9. The van der Waals surface area contributed by atoms with E-state index in [1.165, 1.54) is 6.33 Å². The fourth-order valence-corrected chi connectivity index (χ4v) is 2.14. The number of halogens is 2. The van der Waals surface area contributed by atoms with Gasteiger partial charge in [-0.2, -0.15) is 0 Å². The number of rotatable bonds is 5. The SMILES string of the molecule is CCCc1c(NN)ncnc1Nc1ccc(Cl)c(Cl)c1. The number of benzene rings is 1. The van der Waals surface area contributed by atoms with Gasteiger partial charge < -0.3 is 10.7 Å². The van der Waals surface area contributed by atoms with Crippen LogP contribution in [0.3, 0.4) is 0 Å². The first-order valence-corrected chi connectivity index (χ1v) is 6.93. The van der Waals surface area contributed by atoms with E-state index in [9.17, 15) is 0 Å². The molecule has 7 heteroatoms. The van der Waals surface area contributed by atoms with Gasteiger partial charge in [0.2, 0.25) is 0 Å². The summed E-state index contributed by atoms with van der Waals surface area (Å²) in [5.41, 5.74) is 4.33. The number of hydrazine groups is 1. The lowest BCUT2D eigenvalue weighted by molar-refractivity contribution is 0.903. The molecule has 2 aromatic rings. The van der Waals surface area contributed by atoms with Crippen LogP contribution in [0.15, 0.2) is 24.5 Å². The zero-order valence-electron chi connectivity index (χ0n) is 11.0. The van der Waals surface area contributed by atoms with Crippen molar-refractivity contribution in [2.24, 2.45) is 5.84 Å². The van der Waals surface area contributed by atoms with Crippen LogP contribution in [0.2, 0.25) is 10.0 Å². The van der Waals surface area contributed by atoms with Gasteiger partial charge in [0.05, 0.1) is 10.0 Å². The Morgan fingerprint density at radius 1 is 1.15 bits per heavy atom. The minimum Gasteiger partial charge on any atom is -0.340 e. The Balaban J connectivity index is 2.34. The minimum absolute atomic E-state index is 0.486. The van der Waals surface area contributed by atoms with Gasteiger partial charge >= 0.3 is 0 Å². The number of hydrogen-bond donors (Lipinski definition) is 3. The highest BCUT2D eigenvalue weighted by atomic mass is 35.5. The van der Waals surface area contributed by atoms with Crippen molar-refractivity contribution >= 4 is 40.5 Å². The molecule has 0 aliphatic rings. The lowest BCUT2D eigenvalue weighted by Crippen LogP contribution is -2.13. The highest BCUT2D eigenvalue weighted by molar-refractivity contribution is 6.42. The predicted molar refractivity (Wildman–Crippen MR) is 83.6 cm³/mol. The lowest BCUT2D eigenvalue weighted by Gasteiger charge is -2.13. The second-order valence-electron chi connectivity index (χ2n) is 4.20. The Morgan fingerprint density at radius 2 is 1.90 bits per heavy atom. The Labute approximate surface area is 127 Å². The zero-order valence-corrected chi connectivity index (χ0v) is 12.5. The molecule has 0 aliphatic heterocycles. The molecule has 0 unspecified atom stereocenters. The van der Waals surface area contributed by atoms with Crippen LogP contribution in [0.4, 0.5) is 17.3 Å². The molecule has 0 atom stereocenters. The molecule has 0 radical (unpaired) electrons. The van der Waals surface area contributed by atoms with E-state index < -0.39 is 0 Å². The highest BCUT2D eigenvalue weighted by Crippen LogP contribution is 2.29. The van der Waals surface area contributed by atoms with Crippen LogP contribution in [0.1, 0.15) is 18.9 Å². The van der Waals surface area contributed by atoms with E-state index >= 15 is 0 Å². The van der Waals surface area contributed by atoms with E-state index in [4.69, 9.17) is 29.0 Å². The van der Waals surface area contributed by atoms with Gasteiger partial charge in [-0.1, -0.05) is 36.5 Å². The molecular formula is C13H15Cl2N5. The van der Waals surface area contributed by atoms with Crippen molar-refractivity contribution < 1.29 is 0 Å². The largest absolute Gasteiger partial charge is 0.340 e. The molecule has 0 aliphatic carbocycles. The van der Waals surface area contributed by atoms with Crippen LogP contribution in [-0.2, 0) is 6.42 Å². The maximum atomic E-state index is 6.00. The molecule has 4 N–H and O–H groups in total. The highest BCUT2D eigenvalue weighted by Gasteiger charge is 2.10. The maximum absolute atomic E-state index is 6.00. The van der Waals surface area contributed by atoms with Crippen molar-refractivity contribution in [3.05, 3.63) is 40.1 Å². The number of nitrogens with two attached hydrogens (primary N) is 1. The van der Waals surface area contributed by atoms with Crippen molar-refractivity contribution in [2.45, 2.75) is 19.8 Å². The van der Waals surface area contributed by atoms with Crippen molar-refractivity contribution in [2.75, 3.05) is 10.7 Å². The van der Waals surface area contributed by atoms with Crippen molar-refractivity contribution in [1.29, 1.82) is 0 Å². The normalized spacial score (nSPS) is 10.4. The quantitative estimate of drug-likeness (QED) is 0.579. The van der Waals surface area contributed by atoms with Crippen LogP contribution in [-0.4, -0.2) is 9.97 Å². The number of nitrogens with one attached hydrogen (secondary N) is 2. The second kappa shape index (κ2) is 6.74. The number of hydrogen-bond acceptors (Lipinski definition) is 5. The predicted octanol–water partition coefficient (Wildman–Crippen LogP) is 3.77. The standard InChI is InChI=1S/C13H15Cl2N5/c1-2-3-9-12(17-7-18-13(9)20-16)19-8-4-5-10(14)11(15)6-8/h4-7H,2-3,16H2,1H3,(H2,17,18,19,20). The van der Waals surface area contributed by atoms with E-state index in [0.29, 0.717) is 21.7 Å². The molecule has 0 spiro atoms. The summed E-state index contributed by atoms with van der Waals surface area (Å²) in [6, 6.07) is 5.31. The van der Waals surface area contributed by atoms with Crippen molar-refractivity contribution in [3.8, 4) is 0 Å². The van der Waals surface area contributed by atoms with Crippen LogP contribution in [0.5, 0.6) is 0 Å². The Morgan fingerprint density at radius 3 is 2.55 bits per heavy atom. The van der Waals surface area contributed by atoms with Crippen LogP contribution < -0.4 is 16.6 Å². The van der Waals surface area contributed by atoms with E-state index in [1.54, 1.807) is 12.1 Å². The van der Waals surface area contributed by atoms with Gasteiger partial charge in [-0.3, -0.25) is 0 Å². The Kier molecular flexibility index (Phi) is 5.00. The van der Waals surface area contributed by atoms with Crippen LogP contribution in [0.25, 0.3) is 0 Å². The minimum atomic E-state index is 0.486. The molecule has 1 aromatic carbocycles. The first-order valence-electron chi connectivity index (χ1n) is 6.18. The summed E-state index contributed by atoms with van der Waals surface area (Å²) in [5.74, 6) is 6.80. The lowest BCUT2D eigenvalue weighted by atomic mass is 10.1.